The Balaban J connectivity index is 1.69. The fraction of sp³-hybridized carbons (Fsp3) is 0.100. The quantitative estimate of drug-likeness (QED) is 0.305. The minimum Gasteiger partial charge on any atom is -0.497 e. The zero-order valence-corrected chi connectivity index (χ0v) is 15.8. The second kappa shape index (κ2) is 8.70. The molecular weight excluding hydrogens is 370 g/mol. The van der Waals surface area contributed by atoms with Crippen molar-refractivity contribution in [3.05, 3.63) is 65.9 Å². The van der Waals surface area contributed by atoms with Crippen molar-refractivity contribution in [2.24, 2.45) is 0 Å². The van der Waals surface area contributed by atoms with Gasteiger partial charge in [-0.3, -0.25) is 10.2 Å². The number of nitrogens with two attached hydrogens (primary N) is 2. The number of aromatic nitrogens is 2. The van der Waals surface area contributed by atoms with Gasteiger partial charge < -0.3 is 26.8 Å². The van der Waals surface area contributed by atoms with E-state index in [1.165, 1.54) is 6.20 Å². The molecule has 0 unspecified atom stereocenters. The van der Waals surface area contributed by atoms with Crippen LogP contribution in [0.4, 0.5) is 23.1 Å². The van der Waals surface area contributed by atoms with Gasteiger partial charge in [-0.05, 0) is 42.0 Å². The zero-order valence-electron chi connectivity index (χ0n) is 15.8. The lowest BCUT2D eigenvalue weighted by molar-refractivity contribution is -0.114. The number of hydrogen-bond donors (Lipinski definition) is 5. The normalized spacial score (nSPS) is 10.2. The summed E-state index contributed by atoms with van der Waals surface area (Å²) >= 11 is 0. The lowest BCUT2D eigenvalue weighted by Gasteiger charge is -2.12. The molecule has 0 radical (unpaired) electrons. The lowest BCUT2D eigenvalue weighted by Crippen LogP contribution is -2.31. The number of nitrogens with one attached hydrogen (secondary N) is 3. The lowest BCUT2D eigenvalue weighted by atomic mass is 10.1. The van der Waals surface area contributed by atoms with E-state index < -0.39 is 5.91 Å². The molecule has 9 heteroatoms. The van der Waals surface area contributed by atoms with E-state index in [1.807, 2.05) is 12.1 Å². The molecule has 0 saturated heterocycles. The van der Waals surface area contributed by atoms with E-state index in [9.17, 15) is 4.79 Å². The van der Waals surface area contributed by atoms with Gasteiger partial charge in [-0.2, -0.15) is 4.98 Å². The van der Waals surface area contributed by atoms with Gasteiger partial charge in [0.1, 0.15) is 17.3 Å². The smallest absolute Gasteiger partial charge is 0.270 e. The van der Waals surface area contributed by atoms with Crippen LogP contribution in [0.25, 0.3) is 0 Å². The summed E-state index contributed by atoms with van der Waals surface area (Å²) in [6.45, 7) is 0.281. The fourth-order valence-corrected chi connectivity index (χ4v) is 2.58. The first kappa shape index (κ1) is 19.6. The molecule has 0 aliphatic heterocycles. The molecule has 0 bridgehead atoms. The molecule has 0 aliphatic rings. The van der Waals surface area contributed by atoms with E-state index in [0.717, 1.165) is 11.3 Å². The summed E-state index contributed by atoms with van der Waals surface area (Å²) in [5.74, 6) is 0.825. The van der Waals surface area contributed by atoms with Crippen molar-refractivity contribution >= 4 is 34.8 Å². The molecule has 2 aromatic carbocycles. The van der Waals surface area contributed by atoms with Crippen molar-refractivity contribution in [1.82, 2.24) is 15.3 Å². The van der Waals surface area contributed by atoms with Crippen LogP contribution >= 0.6 is 0 Å². The van der Waals surface area contributed by atoms with Gasteiger partial charge in [0, 0.05) is 29.7 Å². The molecule has 0 fully saturated rings. The molecular formula is C20H21N7O2. The SMILES string of the molecule is COc1ccc(CNC(=O)C(=N)c2cc(Nc3ccnc(N)n3)ccc2N)cc1. The Bertz CT molecular complexity index is 1040. The third-order valence-corrected chi connectivity index (χ3v) is 4.11. The van der Waals surface area contributed by atoms with Gasteiger partial charge >= 0.3 is 0 Å². The fourth-order valence-electron chi connectivity index (χ4n) is 2.58. The van der Waals surface area contributed by atoms with E-state index in [4.69, 9.17) is 21.6 Å². The van der Waals surface area contributed by atoms with Gasteiger partial charge in [0.25, 0.3) is 5.91 Å². The number of methoxy groups -OCH3 is 1. The standard InChI is InChI=1S/C20H21N7O2/c1-29-14-5-2-12(3-6-14)11-25-19(28)18(22)15-10-13(4-7-16(15)21)26-17-8-9-24-20(23)27-17/h2-10,22H,11,21H2,1H3,(H,25,28)(H3,23,24,26,27). The van der Waals surface area contributed by atoms with Crippen molar-refractivity contribution in [3.63, 3.8) is 0 Å². The first-order valence-corrected chi connectivity index (χ1v) is 8.71. The van der Waals surface area contributed by atoms with Gasteiger partial charge in [-0.1, -0.05) is 12.1 Å². The number of carbonyl (C=O) groups excluding carboxylic acids is 1. The molecule has 0 saturated carbocycles. The highest BCUT2D eigenvalue weighted by molar-refractivity contribution is 6.45. The van der Waals surface area contributed by atoms with Gasteiger partial charge in [0.2, 0.25) is 5.95 Å². The minimum atomic E-state index is -0.532. The summed E-state index contributed by atoms with van der Waals surface area (Å²) in [5, 5.41) is 14.0. The molecule has 148 valence electrons. The molecule has 1 aromatic heterocycles. The summed E-state index contributed by atoms with van der Waals surface area (Å²) < 4.78 is 5.11. The highest BCUT2D eigenvalue weighted by Gasteiger charge is 2.15. The molecule has 3 rings (SSSR count). The maximum Gasteiger partial charge on any atom is 0.270 e. The monoisotopic (exact) mass is 391 g/mol. The highest BCUT2D eigenvalue weighted by atomic mass is 16.5. The summed E-state index contributed by atoms with van der Waals surface area (Å²) in [6, 6.07) is 13.9. The van der Waals surface area contributed by atoms with Gasteiger partial charge in [0.05, 0.1) is 7.11 Å². The largest absolute Gasteiger partial charge is 0.497 e. The molecule has 1 heterocycles. The second-order valence-corrected chi connectivity index (χ2v) is 6.13. The van der Waals surface area contributed by atoms with Crippen molar-refractivity contribution < 1.29 is 9.53 Å². The van der Waals surface area contributed by atoms with Crippen molar-refractivity contribution in [2.75, 3.05) is 23.9 Å². The van der Waals surface area contributed by atoms with Gasteiger partial charge in [0.15, 0.2) is 0 Å². The predicted octanol–water partition coefficient (Wildman–Crippen LogP) is 2.08. The third kappa shape index (κ3) is 4.98. The molecule has 0 spiro atoms. The van der Waals surface area contributed by atoms with Crippen molar-refractivity contribution in [3.8, 4) is 5.75 Å². The van der Waals surface area contributed by atoms with Crippen LogP contribution in [0, 0.1) is 5.41 Å². The predicted molar refractivity (Wildman–Crippen MR) is 112 cm³/mol. The van der Waals surface area contributed by atoms with Crippen LogP contribution in [0.15, 0.2) is 54.7 Å². The number of anilines is 4. The number of carbonyl (C=O) groups is 1. The Hall–Kier alpha value is -4.14. The van der Waals surface area contributed by atoms with Crippen LogP contribution < -0.4 is 26.8 Å². The Kier molecular flexibility index (Phi) is 5.88. The number of hydrogen-bond acceptors (Lipinski definition) is 8. The average molecular weight is 391 g/mol. The van der Waals surface area contributed by atoms with Gasteiger partial charge in [-0.15, -0.1) is 0 Å². The van der Waals surface area contributed by atoms with E-state index in [2.05, 4.69) is 20.6 Å². The number of rotatable bonds is 7. The molecule has 9 nitrogen and oxygen atoms in total. The maximum atomic E-state index is 12.4. The Labute approximate surface area is 167 Å². The molecule has 3 aromatic rings. The molecule has 1 amide bonds. The van der Waals surface area contributed by atoms with E-state index >= 15 is 0 Å². The Morgan fingerprint density at radius 1 is 1.14 bits per heavy atom. The number of benzene rings is 2. The van der Waals surface area contributed by atoms with Crippen LogP contribution in [0.1, 0.15) is 11.1 Å². The molecule has 7 N–H and O–H groups in total. The molecule has 0 aliphatic carbocycles. The Morgan fingerprint density at radius 3 is 2.59 bits per heavy atom. The minimum absolute atomic E-state index is 0.135. The van der Waals surface area contributed by atoms with E-state index in [-0.39, 0.29) is 18.2 Å². The molecule has 29 heavy (non-hydrogen) atoms. The number of amides is 1. The zero-order chi connectivity index (χ0) is 20.8. The first-order chi connectivity index (χ1) is 14.0. The third-order valence-electron chi connectivity index (χ3n) is 4.11. The van der Waals surface area contributed by atoms with Crippen LogP contribution in [-0.2, 0) is 11.3 Å². The van der Waals surface area contributed by atoms with Crippen molar-refractivity contribution in [2.45, 2.75) is 6.54 Å². The number of nitrogens with zero attached hydrogens (tertiary/aromatic N) is 2. The average Bonchev–Trinajstić information content (AvgIpc) is 2.73. The topological polar surface area (TPSA) is 152 Å². The second-order valence-electron chi connectivity index (χ2n) is 6.13. The maximum absolute atomic E-state index is 12.4. The molecule has 0 atom stereocenters. The van der Waals surface area contributed by atoms with Crippen LogP contribution in [0.2, 0.25) is 0 Å². The first-order valence-electron chi connectivity index (χ1n) is 8.71. The van der Waals surface area contributed by atoms with E-state index in [0.29, 0.717) is 22.8 Å². The highest BCUT2D eigenvalue weighted by Crippen LogP contribution is 2.21. The summed E-state index contributed by atoms with van der Waals surface area (Å²) in [5.41, 5.74) is 13.4. The van der Waals surface area contributed by atoms with Crippen molar-refractivity contribution in [1.29, 1.82) is 5.41 Å². The Morgan fingerprint density at radius 2 is 1.90 bits per heavy atom. The van der Waals surface area contributed by atoms with E-state index in [1.54, 1.807) is 43.5 Å². The summed E-state index contributed by atoms with van der Waals surface area (Å²) in [4.78, 5) is 20.3. The number of nitrogen functional groups attached to an aromatic ring is 2. The van der Waals surface area contributed by atoms with Gasteiger partial charge in [-0.25, -0.2) is 4.98 Å². The summed E-state index contributed by atoms with van der Waals surface area (Å²) in [6.07, 6.45) is 1.53. The summed E-state index contributed by atoms with van der Waals surface area (Å²) in [7, 11) is 1.59. The number of ether oxygens (including phenoxy) is 1. The van der Waals surface area contributed by atoms with Crippen LogP contribution in [0.5, 0.6) is 5.75 Å². The van der Waals surface area contributed by atoms with Crippen LogP contribution in [0.3, 0.4) is 0 Å². The van der Waals surface area contributed by atoms with Crippen LogP contribution in [-0.4, -0.2) is 28.7 Å².